The molecule has 52 heavy (non-hydrogen) atoms. The summed E-state index contributed by atoms with van der Waals surface area (Å²) in [6.45, 7) is 6.34. The fourth-order valence-corrected chi connectivity index (χ4v) is 6.71. The Kier molecular flexibility index (Phi) is 15.9. The van der Waals surface area contributed by atoms with Crippen LogP contribution in [0.1, 0.15) is 66.0 Å². The first-order valence-corrected chi connectivity index (χ1v) is 18.5. The number of H-pyrrole nitrogens is 1. The van der Waals surface area contributed by atoms with Gasteiger partial charge in [0.1, 0.15) is 36.3 Å². The van der Waals surface area contributed by atoms with Crippen molar-refractivity contribution in [3.05, 3.63) is 30.6 Å². The van der Waals surface area contributed by atoms with Crippen LogP contribution in [0.15, 0.2) is 24.9 Å². The number of carbonyl (C=O) groups is 6. The molecule has 0 radical (unpaired) electrons. The zero-order valence-electron chi connectivity index (χ0n) is 29.9. The molecule has 2 aliphatic heterocycles. The van der Waals surface area contributed by atoms with E-state index < -0.39 is 86.3 Å². The predicted molar refractivity (Wildman–Crippen MR) is 183 cm³/mol. The molecule has 0 aliphatic carbocycles. The van der Waals surface area contributed by atoms with Gasteiger partial charge in [0.2, 0.25) is 29.5 Å². The highest BCUT2D eigenvalue weighted by Crippen LogP contribution is 2.45. The van der Waals surface area contributed by atoms with E-state index in [0.717, 1.165) is 6.92 Å². The van der Waals surface area contributed by atoms with Gasteiger partial charge in [0, 0.05) is 31.7 Å². The molecule has 0 spiro atoms. The largest absolute Gasteiger partial charge is 0.496 e. The normalized spacial score (nSPS) is 31.2. The second-order valence-corrected chi connectivity index (χ2v) is 14.6. The summed E-state index contributed by atoms with van der Waals surface area (Å²) in [4.78, 5) is 97.6. The summed E-state index contributed by atoms with van der Waals surface area (Å²) in [5.74, 6) is -4.36. The number of phosphoric acid groups is 1. The third-order valence-corrected chi connectivity index (χ3v) is 9.49. The topological polar surface area (TPSA) is 268 Å². The summed E-state index contributed by atoms with van der Waals surface area (Å²) < 4.78 is 28.6. The molecule has 2 bridgehead atoms. The van der Waals surface area contributed by atoms with Gasteiger partial charge in [-0.05, 0) is 45.1 Å². The van der Waals surface area contributed by atoms with Crippen LogP contribution in [0.3, 0.4) is 0 Å². The van der Waals surface area contributed by atoms with Crippen molar-refractivity contribution in [1.29, 1.82) is 0 Å². The number of aromatic nitrogens is 2. The van der Waals surface area contributed by atoms with Gasteiger partial charge in [0.05, 0.1) is 38.5 Å². The molecule has 1 unspecified atom stereocenters. The van der Waals surface area contributed by atoms with Crippen LogP contribution in [0.5, 0.6) is 0 Å². The number of carbonyl (C=O) groups excluding carboxylic acids is 6. The first kappa shape index (κ1) is 42.3. The molecule has 5 amide bonds. The molecular weight excluding hydrogens is 705 g/mol. The average molecular weight is 756 g/mol. The number of phosphoric ester groups is 1. The fourth-order valence-electron chi connectivity index (χ4n) is 5.75. The number of hydrogen-bond acceptors (Lipinski definition) is 12. The van der Waals surface area contributed by atoms with Gasteiger partial charge in [-0.15, -0.1) is 0 Å². The summed E-state index contributed by atoms with van der Waals surface area (Å²) in [5, 5.41) is 20.1. The summed E-state index contributed by atoms with van der Waals surface area (Å²) in [6.07, 6.45) is 4.70. The Balaban J connectivity index is 1.94. The number of hydrogen-bond donors (Lipinski definition) is 7. The van der Waals surface area contributed by atoms with E-state index in [1.54, 1.807) is 6.08 Å². The summed E-state index contributed by atoms with van der Waals surface area (Å²) in [7, 11) is -4.71. The Morgan fingerprint density at radius 1 is 1.02 bits per heavy atom. The van der Waals surface area contributed by atoms with E-state index >= 15 is 0 Å². The summed E-state index contributed by atoms with van der Waals surface area (Å²) >= 11 is 0. The summed E-state index contributed by atoms with van der Waals surface area (Å²) in [5.41, 5.74) is 0.431. The van der Waals surface area contributed by atoms with Crippen molar-refractivity contribution in [2.24, 2.45) is 5.92 Å². The number of fused-ring (bicyclic) bond motifs is 2. The number of aliphatic hydroxyl groups is 1. The molecule has 3 heterocycles. The zero-order valence-corrected chi connectivity index (χ0v) is 30.8. The quantitative estimate of drug-likeness (QED) is 0.178. The number of aromatic amines is 1. The number of imidazole rings is 1. The van der Waals surface area contributed by atoms with Crippen molar-refractivity contribution in [3.63, 3.8) is 0 Å². The second kappa shape index (κ2) is 19.6. The van der Waals surface area contributed by atoms with E-state index in [1.165, 1.54) is 37.5 Å². The van der Waals surface area contributed by atoms with Crippen LogP contribution < -0.4 is 21.3 Å². The highest BCUT2D eigenvalue weighted by atomic mass is 31.2. The smallest absolute Gasteiger partial charge is 0.472 e. The van der Waals surface area contributed by atoms with Gasteiger partial charge >= 0.3 is 7.82 Å². The SMILES string of the molecule is CC(=O)[C@H]1NC(=O)[C@H](CO)NC(=O)[C@H](Cc2cnc[nH]2)NC(=O)[C@H](CC(C)C)NC(=O)[C@@H]2C[C@H](CN2C(C)=O)O/C=C\CCCOP(=O)(O)O[C@@H]1C. The molecule has 19 nitrogen and oxygen atoms in total. The number of likely N-dealkylation sites (tertiary alicyclic amines) is 1. The minimum absolute atomic E-state index is 0.0890. The first-order chi connectivity index (χ1) is 24.5. The Bertz CT molecular complexity index is 1490. The third-order valence-electron chi connectivity index (χ3n) is 8.38. The van der Waals surface area contributed by atoms with Crippen LogP contribution in [0.25, 0.3) is 0 Å². The molecule has 0 aromatic carbocycles. The van der Waals surface area contributed by atoms with Crippen molar-refractivity contribution < 1.29 is 57.1 Å². The number of amides is 5. The Morgan fingerprint density at radius 3 is 2.29 bits per heavy atom. The van der Waals surface area contributed by atoms with Crippen molar-refractivity contribution in [3.8, 4) is 0 Å². The molecule has 2 aliphatic rings. The van der Waals surface area contributed by atoms with Crippen LogP contribution in [0.4, 0.5) is 0 Å². The number of Topliss-reactive ketones (excluding diaryl/α,β-unsaturated/α-hetero) is 1. The second-order valence-electron chi connectivity index (χ2n) is 13.2. The van der Waals surface area contributed by atoms with Crippen molar-refractivity contribution in [1.82, 2.24) is 36.1 Å². The van der Waals surface area contributed by atoms with Crippen LogP contribution >= 0.6 is 7.82 Å². The number of nitrogens with one attached hydrogen (secondary N) is 5. The molecule has 8 atom stereocenters. The number of rotatable bonds is 6. The number of ketones is 1. The van der Waals surface area contributed by atoms with Crippen LogP contribution in [-0.2, 0) is 53.5 Å². The lowest BCUT2D eigenvalue weighted by Crippen LogP contribution is -2.60. The van der Waals surface area contributed by atoms with Gasteiger partial charge in [0.15, 0.2) is 5.78 Å². The van der Waals surface area contributed by atoms with Crippen molar-refractivity contribution in [2.75, 3.05) is 19.8 Å². The zero-order chi connectivity index (χ0) is 38.6. The highest BCUT2D eigenvalue weighted by molar-refractivity contribution is 7.47. The number of aliphatic hydroxyl groups excluding tert-OH is 1. The molecule has 20 heteroatoms. The molecule has 1 aromatic heterocycles. The van der Waals surface area contributed by atoms with Gasteiger partial charge < -0.3 is 45.9 Å². The molecule has 1 saturated heterocycles. The molecule has 3 rings (SSSR count). The van der Waals surface area contributed by atoms with Crippen LogP contribution in [0.2, 0.25) is 0 Å². The maximum Gasteiger partial charge on any atom is 0.472 e. The third kappa shape index (κ3) is 12.8. The molecule has 1 fully saturated rings. The van der Waals surface area contributed by atoms with E-state index in [1.807, 2.05) is 13.8 Å². The van der Waals surface area contributed by atoms with Gasteiger partial charge in [-0.25, -0.2) is 9.55 Å². The minimum atomic E-state index is -4.71. The lowest BCUT2D eigenvalue weighted by molar-refractivity contribution is -0.139. The van der Waals surface area contributed by atoms with E-state index in [4.69, 9.17) is 13.8 Å². The maximum absolute atomic E-state index is 13.8. The monoisotopic (exact) mass is 755 g/mol. The lowest BCUT2D eigenvalue weighted by atomic mass is 10.0. The molecule has 0 saturated carbocycles. The predicted octanol–water partition coefficient (Wildman–Crippen LogP) is -0.646. The number of nitrogens with zero attached hydrogens (tertiary/aromatic N) is 2. The van der Waals surface area contributed by atoms with E-state index in [0.29, 0.717) is 12.1 Å². The highest BCUT2D eigenvalue weighted by Gasteiger charge is 2.41. The molecule has 7 N–H and O–H groups in total. The number of ether oxygens (including phenoxy) is 1. The van der Waals surface area contributed by atoms with Crippen molar-refractivity contribution >= 4 is 43.1 Å². The van der Waals surface area contributed by atoms with Crippen LogP contribution in [0, 0.1) is 5.92 Å². The average Bonchev–Trinajstić information content (AvgIpc) is 3.74. The molecular formula is C32H50N7O12P. The molecule has 1 aromatic rings. The molecule has 290 valence electrons. The fraction of sp³-hybridized carbons (Fsp3) is 0.656. The van der Waals surface area contributed by atoms with E-state index in [-0.39, 0.29) is 50.7 Å². The first-order valence-electron chi connectivity index (χ1n) is 17.0. The maximum atomic E-state index is 13.8. The van der Waals surface area contributed by atoms with Crippen LogP contribution in [-0.4, -0.2) is 122 Å². The van der Waals surface area contributed by atoms with Gasteiger partial charge in [-0.3, -0.25) is 37.8 Å². The van der Waals surface area contributed by atoms with Crippen molar-refractivity contribution in [2.45, 2.75) is 109 Å². The van der Waals surface area contributed by atoms with Gasteiger partial charge in [-0.1, -0.05) is 13.8 Å². The van der Waals surface area contributed by atoms with E-state index in [9.17, 15) is 43.3 Å². The Morgan fingerprint density at radius 2 is 1.67 bits per heavy atom. The number of allylic oxidation sites excluding steroid dienone is 1. The van der Waals surface area contributed by atoms with Gasteiger partial charge in [0.25, 0.3) is 0 Å². The lowest BCUT2D eigenvalue weighted by Gasteiger charge is -2.28. The Labute approximate surface area is 301 Å². The Hall–Kier alpha value is -4.16. The summed E-state index contributed by atoms with van der Waals surface area (Å²) in [6, 6.07) is -6.55. The standard InChI is InChI=1S/C32H50N7O12P/c1-18(2)11-24-29(43)35-25(12-22-14-33-17-34-22)30(44)37-26(16-40)31(45)38-28(19(3)41)20(4)51-52(47,48)50-10-8-6-7-9-49-23-13-27(32(46)36-24)39(15-23)21(5)42/h7,9,14,17-18,20,23-28,40H,6,8,10-13,15-16H2,1-5H3,(H,33,34)(H,35,43)(H,36,46)(H,37,44)(H,38,45)(H,47,48)/b9-7-/t20-,23-,24+,25+,26+,27+,28-/m1/s1. The minimum Gasteiger partial charge on any atom is -0.496 e. The van der Waals surface area contributed by atoms with E-state index in [2.05, 4.69) is 31.2 Å². The van der Waals surface area contributed by atoms with Gasteiger partial charge in [-0.2, -0.15) is 0 Å².